The fraction of sp³-hybridized carbons (Fsp3) is 0.750. The summed E-state index contributed by atoms with van der Waals surface area (Å²) < 4.78 is 0. The number of nitrogens with one attached hydrogen (secondary N) is 1. The molecule has 0 aromatic heterocycles. The Balaban J connectivity index is 2.47. The van der Waals surface area contributed by atoms with Crippen LogP contribution in [0.2, 0.25) is 0 Å². The molecule has 1 aliphatic rings. The van der Waals surface area contributed by atoms with Crippen molar-refractivity contribution >= 4 is 12.1 Å². The predicted molar refractivity (Wildman–Crippen MR) is 43.8 cm³/mol. The fourth-order valence-electron chi connectivity index (χ4n) is 1.03. The summed E-state index contributed by atoms with van der Waals surface area (Å²) in [6, 6.07) is 0. The van der Waals surface area contributed by atoms with Gasteiger partial charge in [0.1, 0.15) is 5.84 Å². The van der Waals surface area contributed by atoms with Crippen LogP contribution in [0.3, 0.4) is 0 Å². The molecule has 0 heterocycles. The van der Waals surface area contributed by atoms with Crippen LogP contribution in [-0.4, -0.2) is 12.1 Å². The summed E-state index contributed by atoms with van der Waals surface area (Å²) in [4.78, 5) is 3.97. The Morgan fingerprint density at radius 1 is 1.80 bits per heavy atom. The van der Waals surface area contributed by atoms with Gasteiger partial charge >= 0.3 is 0 Å². The Bertz CT molecular complexity index is 184. The molecule has 2 atom stereocenters. The molecule has 2 unspecified atom stereocenters. The predicted octanol–water partition coefficient (Wildman–Crippen LogP) is 2.10. The largest absolute Gasteiger partial charge is 0.287 e. The first-order valence-corrected chi connectivity index (χ1v) is 3.65. The van der Waals surface area contributed by atoms with Gasteiger partial charge in [-0.1, -0.05) is 13.8 Å². The Hall–Kier alpha value is -0.660. The van der Waals surface area contributed by atoms with Crippen LogP contribution in [0, 0.1) is 16.7 Å². The summed E-state index contributed by atoms with van der Waals surface area (Å²) in [7, 11) is 0. The Labute approximate surface area is 61.9 Å². The van der Waals surface area contributed by atoms with Gasteiger partial charge in [0.25, 0.3) is 0 Å². The SMILES string of the molecule is CC(=N)/N=C\C1(C)CC1C. The topological polar surface area (TPSA) is 36.2 Å². The zero-order valence-corrected chi connectivity index (χ0v) is 6.81. The second-order valence-corrected chi connectivity index (χ2v) is 3.45. The van der Waals surface area contributed by atoms with Gasteiger partial charge in [-0.25, -0.2) is 4.99 Å². The van der Waals surface area contributed by atoms with E-state index >= 15 is 0 Å². The summed E-state index contributed by atoms with van der Waals surface area (Å²) in [5.74, 6) is 1.16. The highest BCUT2D eigenvalue weighted by atomic mass is 14.8. The monoisotopic (exact) mass is 138 g/mol. The van der Waals surface area contributed by atoms with Gasteiger partial charge in [0.05, 0.1) is 0 Å². The third-order valence-electron chi connectivity index (χ3n) is 2.26. The summed E-state index contributed by atoms with van der Waals surface area (Å²) >= 11 is 0. The molecule has 1 aliphatic carbocycles. The maximum Gasteiger partial charge on any atom is 0.116 e. The number of nitrogens with zero attached hydrogens (tertiary/aromatic N) is 1. The molecule has 1 fully saturated rings. The lowest BCUT2D eigenvalue weighted by Gasteiger charge is -1.97. The van der Waals surface area contributed by atoms with Crippen molar-refractivity contribution in [3.8, 4) is 0 Å². The smallest absolute Gasteiger partial charge is 0.116 e. The zero-order valence-electron chi connectivity index (χ0n) is 6.81. The van der Waals surface area contributed by atoms with Crippen molar-refractivity contribution in [2.75, 3.05) is 0 Å². The molecule has 2 heteroatoms. The molecule has 1 saturated carbocycles. The van der Waals surface area contributed by atoms with Crippen molar-refractivity contribution in [2.45, 2.75) is 27.2 Å². The van der Waals surface area contributed by atoms with E-state index in [-0.39, 0.29) is 0 Å². The van der Waals surface area contributed by atoms with E-state index in [0.717, 1.165) is 5.92 Å². The Kier molecular flexibility index (Phi) is 1.63. The van der Waals surface area contributed by atoms with Crippen molar-refractivity contribution in [1.82, 2.24) is 0 Å². The highest BCUT2D eigenvalue weighted by molar-refractivity contribution is 5.87. The van der Waals surface area contributed by atoms with Gasteiger partial charge < -0.3 is 0 Å². The molecule has 1 N–H and O–H groups in total. The molecule has 0 amide bonds. The molecule has 2 nitrogen and oxygen atoms in total. The third kappa shape index (κ3) is 1.43. The van der Waals surface area contributed by atoms with E-state index in [9.17, 15) is 0 Å². The quantitative estimate of drug-likeness (QED) is 0.425. The van der Waals surface area contributed by atoms with E-state index in [1.54, 1.807) is 6.92 Å². The van der Waals surface area contributed by atoms with Gasteiger partial charge in [-0.3, -0.25) is 5.41 Å². The number of hydrogen-bond donors (Lipinski definition) is 1. The van der Waals surface area contributed by atoms with Crippen molar-refractivity contribution in [1.29, 1.82) is 5.41 Å². The zero-order chi connectivity index (χ0) is 7.78. The Morgan fingerprint density at radius 3 is 2.60 bits per heavy atom. The average Bonchev–Trinajstić information content (AvgIpc) is 2.38. The van der Waals surface area contributed by atoms with E-state index in [0.29, 0.717) is 11.3 Å². The van der Waals surface area contributed by atoms with Crippen molar-refractivity contribution < 1.29 is 0 Å². The van der Waals surface area contributed by atoms with Crippen LogP contribution in [0.15, 0.2) is 4.99 Å². The molecule has 0 radical (unpaired) electrons. The molecule has 0 spiro atoms. The van der Waals surface area contributed by atoms with Gasteiger partial charge in [0, 0.05) is 11.6 Å². The molecule has 10 heavy (non-hydrogen) atoms. The third-order valence-corrected chi connectivity index (χ3v) is 2.26. The van der Waals surface area contributed by atoms with Crippen LogP contribution in [0.1, 0.15) is 27.2 Å². The highest BCUT2D eigenvalue weighted by Gasteiger charge is 2.44. The number of rotatable bonds is 1. The first-order chi connectivity index (χ1) is 4.54. The summed E-state index contributed by atoms with van der Waals surface area (Å²) in [5.41, 5.74) is 0.308. The standard InChI is InChI=1S/C8H14N2/c1-6-4-8(6,3)5-10-7(2)9/h5-6,9H,4H2,1-3H3/b9-7?,10-5-. The normalized spacial score (nSPS) is 38.5. The average molecular weight is 138 g/mol. The van der Waals surface area contributed by atoms with E-state index < -0.39 is 0 Å². The first-order valence-electron chi connectivity index (χ1n) is 3.65. The van der Waals surface area contributed by atoms with Crippen LogP contribution < -0.4 is 0 Å². The molecule has 0 saturated heterocycles. The maximum absolute atomic E-state index is 7.07. The van der Waals surface area contributed by atoms with Crippen LogP contribution in [0.25, 0.3) is 0 Å². The second-order valence-electron chi connectivity index (χ2n) is 3.45. The molecule has 0 aromatic rings. The lowest BCUT2D eigenvalue weighted by atomic mass is 10.1. The highest BCUT2D eigenvalue weighted by Crippen LogP contribution is 2.49. The van der Waals surface area contributed by atoms with Crippen molar-refractivity contribution in [2.24, 2.45) is 16.3 Å². The van der Waals surface area contributed by atoms with Crippen LogP contribution >= 0.6 is 0 Å². The van der Waals surface area contributed by atoms with Crippen LogP contribution in [-0.2, 0) is 0 Å². The fourth-order valence-corrected chi connectivity index (χ4v) is 1.03. The Morgan fingerprint density at radius 2 is 2.30 bits per heavy atom. The maximum atomic E-state index is 7.07. The molecular weight excluding hydrogens is 124 g/mol. The number of hydrogen-bond acceptors (Lipinski definition) is 1. The van der Waals surface area contributed by atoms with E-state index in [2.05, 4.69) is 18.8 Å². The lowest BCUT2D eigenvalue weighted by molar-refractivity contribution is 0.726. The van der Waals surface area contributed by atoms with Gasteiger partial charge in [-0.15, -0.1) is 0 Å². The summed E-state index contributed by atoms with van der Waals surface area (Å²) in [5, 5.41) is 7.07. The molecular formula is C8H14N2. The minimum atomic E-state index is 0.308. The number of aliphatic imine (C=N–C) groups is 1. The second kappa shape index (κ2) is 2.19. The summed E-state index contributed by atoms with van der Waals surface area (Å²) in [6.07, 6.45) is 3.14. The minimum absolute atomic E-state index is 0.308. The van der Waals surface area contributed by atoms with Crippen LogP contribution in [0.4, 0.5) is 0 Å². The summed E-state index contributed by atoms with van der Waals surface area (Å²) in [6.45, 7) is 6.10. The molecule has 1 rings (SSSR count). The van der Waals surface area contributed by atoms with Crippen molar-refractivity contribution in [3.63, 3.8) is 0 Å². The van der Waals surface area contributed by atoms with E-state index in [4.69, 9.17) is 5.41 Å². The first kappa shape index (κ1) is 7.45. The van der Waals surface area contributed by atoms with E-state index in [1.807, 2.05) is 6.21 Å². The molecule has 0 bridgehead atoms. The van der Waals surface area contributed by atoms with Gasteiger partial charge in [0.15, 0.2) is 0 Å². The number of amidine groups is 1. The minimum Gasteiger partial charge on any atom is -0.287 e. The van der Waals surface area contributed by atoms with Crippen LogP contribution in [0.5, 0.6) is 0 Å². The molecule has 0 aliphatic heterocycles. The van der Waals surface area contributed by atoms with Gasteiger partial charge in [0.2, 0.25) is 0 Å². The van der Waals surface area contributed by atoms with Crippen molar-refractivity contribution in [3.05, 3.63) is 0 Å². The van der Waals surface area contributed by atoms with E-state index in [1.165, 1.54) is 6.42 Å². The van der Waals surface area contributed by atoms with Gasteiger partial charge in [-0.2, -0.15) is 0 Å². The molecule has 0 aromatic carbocycles. The molecule has 56 valence electrons. The lowest BCUT2D eigenvalue weighted by Crippen LogP contribution is -1.99. The van der Waals surface area contributed by atoms with Gasteiger partial charge in [-0.05, 0) is 19.3 Å².